The molecule has 0 aliphatic rings. The number of carbonyl (C=O) groups excluding carboxylic acids is 3. The maximum atomic E-state index is 13.0. The number of hydrogen-bond donors (Lipinski definition) is 1. The van der Waals surface area contributed by atoms with Gasteiger partial charge in [0.15, 0.2) is 11.0 Å². The minimum Gasteiger partial charge on any atom is -0.497 e. The van der Waals surface area contributed by atoms with Crippen molar-refractivity contribution < 1.29 is 46.8 Å². The maximum absolute atomic E-state index is 13.0. The molecule has 6 rings (SSSR count). The van der Waals surface area contributed by atoms with Gasteiger partial charge in [0.25, 0.3) is 5.24 Å². The molecule has 1 aromatic heterocycles. The second-order valence-electron chi connectivity index (χ2n) is 11.4. The normalized spacial score (nSPS) is 9.72. The number of carbonyl (C=O) groups is 3. The molecule has 0 amide bonds. The molecule has 14 heteroatoms. The molecule has 0 aliphatic heterocycles. The van der Waals surface area contributed by atoms with E-state index in [1.165, 1.54) is 72.8 Å². The first-order valence-electron chi connectivity index (χ1n) is 17.2. The zero-order valence-electron chi connectivity index (χ0n) is 32.8. The second-order valence-corrected chi connectivity index (χ2v) is 12.1. The van der Waals surface area contributed by atoms with Crippen molar-refractivity contribution in [3.8, 4) is 46.9 Å². The molecule has 0 saturated carbocycles. The Kier molecular flexibility index (Phi) is 21.2. The average Bonchev–Trinajstić information content (AvgIpc) is 3.65. The Morgan fingerprint density at radius 1 is 0.683 bits per heavy atom. The molecule has 0 radical (unpaired) electrons. The van der Waals surface area contributed by atoms with E-state index in [4.69, 9.17) is 42.4 Å². The van der Waals surface area contributed by atoms with Crippen molar-refractivity contribution >= 4 is 45.2 Å². The van der Waals surface area contributed by atoms with E-state index in [1.807, 2.05) is 0 Å². The van der Waals surface area contributed by atoms with Crippen LogP contribution < -0.4 is 9.47 Å². The summed E-state index contributed by atoms with van der Waals surface area (Å²) in [5.74, 6) is 7.33. The molecule has 1 N–H and O–H groups in total. The van der Waals surface area contributed by atoms with E-state index in [-0.39, 0.29) is 34.2 Å². The van der Waals surface area contributed by atoms with E-state index in [0.29, 0.717) is 45.0 Å². The zero-order chi connectivity index (χ0) is 44.6. The first kappa shape index (κ1) is 49.0. The monoisotopic (exact) mass is 856 g/mol. The van der Waals surface area contributed by atoms with Crippen molar-refractivity contribution in [2.45, 2.75) is 20.8 Å². The quantitative estimate of drug-likeness (QED) is 0.0305. The van der Waals surface area contributed by atoms with E-state index in [9.17, 15) is 27.6 Å². The van der Waals surface area contributed by atoms with Crippen LogP contribution in [0.25, 0.3) is 11.3 Å². The van der Waals surface area contributed by atoms with Crippen LogP contribution in [0.4, 0.5) is 13.2 Å². The van der Waals surface area contributed by atoms with Crippen molar-refractivity contribution in [2.24, 2.45) is 5.16 Å². The molecule has 0 spiro atoms. The van der Waals surface area contributed by atoms with E-state index >= 15 is 0 Å². The summed E-state index contributed by atoms with van der Waals surface area (Å²) in [7, 11) is 3.16. The number of methoxy groups -OCH3 is 2. The van der Waals surface area contributed by atoms with Crippen LogP contribution in [0.1, 0.15) is 61.8 Å². The van der Waals surface area contributed by atoms with Gasteiger partial charge >= 0.3 is 0 Å². The molecule has 0 atom stereocenters. The van der Waals surface area contributed by atoms with Crippen LogP contribution in [0.5, 0.6) is 11.5 Å². The number of aromatic nitrogens is 1. The minimum absolute atomic E-state index is 0.0673. The van der Waals surface area contributed by atoms with Crippen LogP contribution in [0.2, 0.25) is 0 Å². The highest BCUT2D eigenvalue weighted by Crippen LogP contribution is 2.29. The first-order valence-corrected chi connectivity index (χ1v) is 18.0. The molecule has 0 fully saturated rings. The largest absolute Gasteiger partial charge is 0.497 e. The number of hydrogen-bond acceptors (Lipinski definition) is 9. The summed E-state index contributed by atoms with van der Waals surface area (Å²) in [5, 5.41) is 14.7. The van der Waals surface area contributed by atoms with Gasteiger partial charge in [-0.05, 0) is 160 Å². The van der Waals surface area contributed by atoms with E-state index in [1.54, 1.807) is 83.5 Å². The van der Waals surface area contributed by atoms with E-state index in [2.05, 4.69) is 34.5 Å². The third-order valence-corrected chi connectivity index (χ3v) is 7.90. The number of ketones is 2. The van der Waals surface area contributed by atoms with Gasteiger partial charge in [0.1, 0.15) is 40.4 Å². The van der Waals surface area contributed by atoms with Crippen molar-refractivity contribution in [3.63, 3.8) is 0 Å². The molecular weight excluding hydrogens is 820 g/mol. The Bertz CT molecular complexity index is 2440. The van der Waals surface area contributed by atoms with Crippen LogP contribution >= 0.6 is 23.2 Å². The highest BCUT2D eigenvalue weighted by Gasteiger charge is 2.23. The van der Waals surface area contributed by atoms with Crippen LogP contribution in [0, 0.1) is 48.6 Å². The lowest BCUT2D eigenvalue weighted by atomic mass is 9.98. The third kappa shape index (κ3) is 16.0. The SMILES string of the molecule is C#CC.CC#CC(=O)c1ccc(F)cc1.COc1ccc(-c2noc(C)c2C(=O)c2ccc(F)cc2)cc1.COc1ccc(/C(Cl)=N/O)cc1.O=C(Cl)c1ccc(F)cc1. The van der Waals surface area contributed by atoms with Crippen LogP contribution in [-0.2, 0) is 0 Å². The number of ether oxygens (including phenoxy) is 2. The second kappa shape index (κ2) is 26.0. The molecule has 6 aromatic rings. The molecule has 0 bridgehead atoms. The van der Waals surface area contributed by atoms with Gasteiger partial charge in [-0.3, -0.25) is 14.4 Å². The third-order valence-electron chi connectivity index (χ3n) is 7.39. The van der Waals surface area contributed by atoms with Gasteiger partial charge in [0.2, 0.25) is 5.78 Å². The van der Waals surface area contributed by atoms with E-state index < -0.39 is 5.24 Å². The topological polar surface area (TPSA) is 128 Å². The Hall–Kier alpha value is -7.12. The van der Waals surface area contributed by atoms with Gasteiger partial charge in [-0.25, -0.2) is 13.2 Å². The fourth-order valence-electron chi connectivity index (χ4n) is 4.49. The fraction of sp³-hybridized carbons (Fsp3) is 0.109. The van der Waals surface area contributed by atoms with E-state index in [0.717, 1.165) is 11.3 Å². The number of aryl methyl sites for hydroxylation is 1. The van der Waals surface area contributed by atoms with Crippen molar-refractivity contribution in [3.05, 3.63) is 172 Å². The summed E-state index contributed by atoms with van der Waals surface area (Å²) < 4.78 is 52.9. The standard InChI is InChI=1S/C18H14FNO3.C10H7FO.C8H8ClNO2.C7H4ClFO.C3H4/c1-11-16(18(21)13-3-7-14(19)8-4-13)17(20-23-11)12-5-9-15(22-2)10-6-12;1-2-3-10(12)8-4-6-9(11)7-5-8;1-12-7-4-2-6(3-5-7)8(9)10-11;8-7(10)5-1-3-6(9)4-2-5;1-3-2/h3-10H,1-2H3;4-7H,1H3;2-5,11H,1H3;1-4H;1H,2H3/b;;10-8-;;. The first-order chi connectivity index (χ1) is 28.7. The lowest BCUT2D eigenvalue weighted by Gasteiger charge is -2.04. The Balaban J connectivity index is 0.000000287. The van der Waals surface area contributed by atoms with Gasteiger partial charge in [0, 0.05) is 27.8 Å². The zero-order valence-corrected chi connectivity index (χ0v) is 34.3. The Morgan fingerprint density at radius 3 is 1.48 bits per heavy atom. The molecule has 308 valence electrons. The number of nitrogens with zero attached hydrogens (tertiary/aromatic N) is 2. The minimum atomic E-state index is -0.569. The average molecular weight is 858 g/mol. The highest BCUT2D eigenvalue weighted by atomic mass is 35.5. The summed E-state index contributed by atoms with van der Waals surface area (Å²) in [6, 6.07) is 29.8. The summed E-state index contributed by atoms with van der Waals surface area (Å²) in [5.41, 5.74) is 3.34. The molecule has 0 saturated heterocycles. The summed E-state index contributed by atoms with van der Waals surface area (Å²) in [6.45, 7) is 4.91. The van der Waals surface area contributed by atoms with Crippen LogP contribution in [-0.4, -0.2) is 46.6 Å². The number of oxime groups is 1. The predicted octanol–water partition coefficient (Wildman–Crippen LogP) is 11.0. The smallest absolute Gasteiger partial charge is 0.252 e. The van der Waals surface area contributed by atoms with Crippen molar-refractivity contribution in [1.82, 2.24) is 5.16 Å². The van der Waals surface area contributed by atoms with Crippen LogP contribution in [0.3, 0.4) is 0 Å². The molecule has 9 nitrogen and oxygen atoms in total. The van der Waals surface area contributed by atoms with Crippen molar-refractivity contribution in [2.75, 3.05) is 14.2 Å². The molecule has 1 heterocycles. The molecule has 0 unspecified atom stereocenters. The summed E-state index contributed by atoms with van der Waals surface area (Å²) in [6.07, 6.45) is 4.60. The van der Waals surface area contributed by atoms with Crippen LogP contribution in [0.15, 0.2) is 131 Å². The predicted molar refractivity (Wildman–Crippen MR) is 226 cm³/mol. The molecule has 0 aliphatic carbocycles. The van der Waals surface area contributed by atoms with Gasteiger partial charge < -0.3 is 19.2 Å². The number of halogens is 5. The summed E-state index contributed by atoms with van der Waals surface area (Å²) >= 11 is 10.6. The highest BCUT2D eigenvalue weighted by molar-refractivity contribution is 6.69. The molecule has 5 aromatic carbocycles. The molecular formula is C46H37Cl2F3N2O7. The van der Waals surface area contributed by atoms with Gasteiger partial charge in [-0.2, -0.15) is 0 Å². The number of rotatable bonds is 8. The number of Topliss-reactive ketones (excluding diaryl/α,β-unsaturated/α-hetero) is 1. The van der Waals surface area contributed by atoms with Gasteiger partial charge in [0.05, 0.1) is 19.8 Å². The lowest BCUT2D eigenvalue weighted by molar-refractivity contribution is 0.103. The number of benzene rings is 5. The lowest BCUT2D eigenvalue weighted by Crippen LogP contribution is -2.04. The fourth-order valence-corrected chi connectivity index (χ4v) is 4.74. The maximum Gasteiger partial charge on any atom is 0.252 e. The molecule has 60 heavy (non-hydrogen) atoms. The van der Waals surface area contributed by atoms with Gasteiger partial charge in [-0.15, -0.1) is 12.3 Å². The summed E-state index contributed by atoms with van der Waals surface area (Å²) in [4.78, 5) is 34.2. The Labute approximate surface area is 355 Å². The van der Waals surface area contributed by atoms with Gasteiger partial charge in [-0.1, -0.05) is 27.8 Å². The Morgan fingerprint density at radius 2 is 1.08 bits per heavy atom. The number of terminal acetylenes is 1. The van der Waals surface area contributed by atoms with Crippen molar-refractivity contribution in [1.29, 1.82) is 0 Å².